The van der Waals surface area contributed by atoms with Crippen LogP contribution in [-0.4, -0.2) is 55.0 Å². The van der Waals surface area contributed by atoms with Gasteiger partial charge in [-0.1, -0.05) is 24.3 Å². The van der Waals surface area contributed by atoms with Crippen LogP contribution in [0, 0.1) is 12.8 Å². The fraction of sp³-hybridized carbons (Fsp3) is 0.579. The van der Waals surface area contributed by atoms with Crippen molar-refractivity contribution in [1.29, 1.82) is 0 Å². The number of ether oxygens (including phenoxy) is 1. The largest absolute Gasteiger partial charge is 0.468 e. The Kier molecular flexibility index (Phi) is 6.52. The molecule has 6 heteroatoms. The van der Waals surface area contributed by atoms with E-state index in [9.17, 15) is 9.59 Å². The Balaban J connectivity index is 2.38. The minimum absolute atomic E-state index is 0.00165. The van der Waals surface area contributed by atoms with Crippen LogP contribution >= 0.6 is 11.8 Å². The van der Waals surface area contributed by atoms with Crippen LogP contribution in [0.25, 0.3) is 0 Å². The predicted octanol–water partition coefficient (Wildman–Crippen LogP) is 2.40. The first-order chi connectivity index (χ1) is 11.9. The van der Waals surface area contributed by atoms with Gasteiger partial charge in [-0.05, 0) is 44.7 Å². The Morgan fingerprint density at radius 1 is 1.40 bits per heavy atom. The molecule has 2 rings (SSSR count). The molecule has 0 aromatic heterocycles. The van der Waals surface area contributed by atoms with E-state index in [1.165, 1.54) is 7.11 Å². The Hall–Kier alpha value is -1.53. The molecule has 1 fully saturated rings. The Morgan fingerprint density at radius 3 is 2.68 bits per heavy atom. The molecule has 1 aromatic carbocycles. The third-order valence-electron chi connectivity index (χ3n) is 5.27. The van der Waals surface area contributed by atoms with Gasteiger partial charge in [0, 0.05) is 18.3 Å². The lowest BCUT2D eigenvalue weighted by molar-refractivity contribution is -0.152. The maximum absolute atomic E-state index is 12.9. The predicted molar refractivity (Wildman–Crippen MR) is 102 cm³/mol. The van der Waals surface area contributed by atoms with E-state index < -0.39 is 5.54 Å². The summed E-state index contributed by atoms with van der Waals surface area (Å²) >= 11 is 1.70. The number of rotatable bonds is 6. The van der Waals surface area contributed by atoms with Crippen LogP contribution in [0.1, 0.15) is 30.5 Å². The van der Waals surface area contributed by atoms with Crippen molar-refractivity contribution in [3.05, 3.63) is 35.4 Å². The lowest BCUT2D eigenvalue weighted by Gasteiger charge is -2.33. The summed E-state index contributed by atoms with van der Waals surface area (Å²) in [6.45, 7) is 4.54. The van der Waals surface area contributed by atoms with Crippen molar-refractivity contribution in [2.75, 3.05) is 32.7 Å². The highest BCUT2D eigenvalue weighted by Gasteiger charge is 2.55. The molecule has 3 atom stereocenters. The van der Waals surface area contributed by atoms with E-state index in [4.69, 9.17) is 4.74 Å². The van der Waals surface area contributed by atoms with E-state index in [1.54, 1.807) is 11.8 Å². The van der Waals surface area contributed by atoms with Crippen LogP contribution in [0.15, 0.2) is 24.3 Å². The molecule has 0 radical (unpaired) electrons. The zero-order valence-electron chi connectivity index (χ0n) is 15.7. The van der Waals surface area contributed by atoms with E-state index in [2.05, 4.69) is 5.32 Å². The first-order valence-corrected chi connectivity index (χ1v) is 9.89. The van der Waals surface area contributed by atoms with Gasteiger partial charge in [0.25, 0.3) is 0 Å². The number of aryl methyl sites for hydroxylation is 1. The van der Waals surface area contributed by atoms with Crippen LogP contribution < -0.4 is 5.32 Å². The van der Waals surface area contributed by atoms with E-state index in [0.29, 0.717) is 13.0 Å². The van der Waals surface area contributed by atoms with Crippen LogP contribution in [0.4, 0.5) is 0 Å². The molecule has 5 nitrogen and oxygen atoms in total. The minimum atomic E-state index is -0.816. The van der Waals surface area contributed by atoms with Gasteiger partial charge in [-0.15, -0.1) is 0 Å². The second-order valence-corrected chi connectivity index (χ2v) is 7.76. The van der Waals surface area contributed by atoms with Crippen LogP contribution in [0.2, 0.25) is 0 Å². The Morgan fingerprint density at radius 2 is 2.08 bits per heavy atom. The SMILES string of the molecule is COC(=O)[C@]1(C)C[C@H](C(=O)NCCSC)[C@H](c2ccccc2C)N1C. The van der Waals surface area contributed by atoms with E-state index in [0.717, 1.165) is 16.9 Å². The molecule has 25 heavy (non-hydrogen) atoms. The molecule has 0 spiro atoms. The van der Waals surface area contributed by atoms with Crippen LogP contribution in [0.5, 0.6) is 0 Å². The highest BCUT2D eigenvalue weighted by Crippen LogP contribution is 2.46. The normalized spacial score (nSPS) is 26.4. The summed E-state index contributed by atoms with van der Waals surface area (Å²) < 4.78 is 5.03. The van der Waals surface area contributed by atoms with Crippen molar-refractivity contribution in [3.8, 4) is 0 Å². The van der Waals surface area contributed by atoms with Gasteiger partial charge in [0.05, 0.1) is 13.0 Å². The van der Waals surface area contributed by atoms with Crippen molar-refractivity contribution >= 4 is 23.6 Å². The van der Waals surface area contributed by atoms with Crippen LogP contribution in [-0.2, 0) is 14.3 Å². The Bertz CT molecular complexity index is 637. The quantitative estimate of drug-likeness (QED) is 0.620. The molecule has 0 bridgehead atoms. The number of benzene rings is 1. The number of carbonyl (C=O) groups is 2. The molecule has 1 saturated heterocycles. The number of methoxy groups -OCH3 is 1. The summed E-state index contributed by atoms with van der Waals surface area (Å²) in [5.41, 5.74) is 1.39. The highest BCUT2D eigenvalue weighted by molar-refractivity contribution is 7.98. The first-order valence-electron chi connectivity index (χ1n) is 8.50. The van der Waals surface area contributed by atoms with Gasteiger partial charge in [-0.25, -0.2) is 0 Å². The summed E-state index contributed by atoms with van der Waals surface area (Å²) in [7, 11) is 3.30. The van der Waals surface area contributed by atoms with Gasteiger partial charge in [0.1, 0.15) is 5.54 Å². The van der Waals surface area contributed by atoms with Gasteiger partial charge in [-0.3, -0.25) is 14.5 Å². The number of hydrogen-bond acceptors (Lipinski definition) is 5. The van der Waals surface area contributed by atoms with E-state index >= 15 is 0 Å². The minimum Gasteiger partial charge on any atom is -0.468 e. The number of nitrogens with one attached hydrogen (secondary N) is 1. The van der Waals surface area contributed by atoms with E-state index in [1.807, 2.05) is 56.3 Å². The van der Waals surface area contributed by atoms with Crippen molar-refractivity contribution in [2.24, 2.45) is 5.92 Å². The molecule has 1 N–H and O–H groups in total. The van der Waals surface area contributed by atoms with Gasteiger partial charge in [0.2, 0.25) is 5.91 Å². The molecular formula is C19H28N2O3S. The highest BCUT2D eigenvalue weighted by atomic mass is 32.2. The molecule has 1 amide bonds. The van der Waals surface area contributed by atoms with E-state index in [-0.39, 0.29) is 23.8 Å². The molecule has 0 unspecified atom stereocenters. The summed E-state index contributed by atoms with van der Waals surface area (Å²) in [5.74, 6) is 0.282. The zero-order valence-corrected chi connectivity index (χ0v) is 16.5. The van der Waals surface area contributed by atoms with Gasteiger partial charge in [-0.2, -0.15) is 11.8 Å². The average Bonchev–Trinajstić information content (AvgIpc) is 2.87. The third-order valence-corrected chi connectivity index (χ3v) is 5.88. The Labute approximate surface area is 154 Å². The fourth-order valence-corrected chi connectivity index (χ4v) is 4.00. The van der Waals surface area contributed by atoms with Crippen molar-refractivity contribution < 1.29 is 14.3 Å². The van der Waals surface area contributed by atoms with Gasteiger partial charge >= 0.3 is 5.97 Å². The maximum Gasteiger partial charge on any atom is 0.326 e. The summed E-state index contributed by atoms with van der Waals surface area (Å²) in [6, 6.07) is 7.90. The summed E-state index contributed by atoms with van der Waals surface area (Å²) in [4.78, 5) is 27.3. The molecule has 1 aliphatic rings. The number of nitrogens with zero attached hydrogens (tertiary/aromatic N) is 1. The zero-order chi connectivity index (χ0) is 18.6. The second-order valence-electron chi connectivity index (χ2n) is 6.77. The first kappa shape index (κ1) is 19.8. The molecule has 0 aliphatic carbocycles. The maximum atomic E-state index is 12.9. The van der Waals surface area contributed by atoms with Gasteiger partial charge < -0.3 is 10.1 Å². The molecule has 1 aliphatic heterocycles. The lowest BCUT2D eigenvalue weighted by atomic mass is 9.88. The molecule has 0 saturated carbocycles. The average molecular weight is 365 g/mol. The fourth-order valence-electron chi connectivity index (χ4n) is 3.70. The number of amides is 1. The third kappa shape index (κ3) is 3.85. The molecular weight excluding hydrogens is 336 g/mol. The molecule has 138 valence electrons. The topological polar surface area (TPSA) is 58.6 Å². The number of hydrogen-bond donors (Lipinski definition) is 1. The number of esters is 1. The lowest BCUT2D eigenvalue weighted by Crippen LogP contribution is -2.47. The van der Waals surface area contributed by atoms with Gasteiger partial charge in [0.15, 0.2) is 0 Å². The molecule has 1 heterocycles. The monoisotopic (exact) mass is 364 g/mol. The summed E-state index contributed by atoms with van der Waals surface area (Å²) in [6.07, 6.45) is 2.46. The standard InChI is InChI=1S/C19H28N2O3S/c1-13-8-6-7-9-14(13)16-15(17(22)20-10-11-25-5)12-19(2,21(16)3)18(23)24-4/h6-9,15-16H,10-12H2,1-5H3,(H,20,22)/t15-,16-,19-/m0/s1. The smallest absolute Gasteiger partial charge is 0.326 e. The van der Waals surface area contributed by atoms with Crippen LogP contribution in [0.3, 0.4) is 0 Å². The van der Waals surface area contributed by atoms with Crippen molar-refractivity contribution in [3.63, 3.8) is 0 Å². The number of likely N-dealkylation sites (N-methyl/N-ethyl adjacent to an activating group) is 1. The number of likely N-dealkylation sites (tertiary alicyclic amines) is 1. The number of carbonyl (C=O) groups excluding carboxylic acids is 2. The second kappa shape index (κ2) is 8.23. The number of thioether (sulfide) groups is 1. The van der Waals surface area contributed by atoms with Crippen molar-refractivity contribution in [1.82, 2.24) is 10.2 Å². The summed E-state index contributed by atoms with van der Waals surface area (Å²) in [5, 5.41) is 3.02. The molecule has 1 aromatic rings. The van der Waals surface area contributed by atoms with Crippen molar-refractivity contribution in [2.45, 2.75) is 31.8 Å².